The molecule has 2 heterocycles. The van der Waals surface area contributed by atoms with Crippen molar-refractivity contribution in [2.75, 3.05) is 13.1 Å². The zero-order valence-electron chi connectivity index (χ0n) is 13.2. The molecule has 1 aliphatic rings. The van der Waals surface area contributed by atoms with Gasteiger partial charge in [0.1, 0.15) is 12.4 Å². The smallest absolute Gasteiger partial charge is 0.130 e. The van der Waals surface area contributed by atoms with Gasteiger partial charge in [0, 0.05) is 19.3 Å². The predicted molar refractivity (Wildman–Crippen MR) is 88.6 cm³/mol. The van der Waals surface area contributed by atoms with E-state index in [1.54, 1.807) is 6.20 Å². The third-order valence-corrected chi connectivity index (χ3v) is 4.13. The Morgan fingerprint density at radius 1 is 1.22 bits per heavy atom. The fourth-order valence-corrected chi connectivity index (χ4v) is 2.89. The minimum absolute atomic E-state index is 0.185. The van der Waals surface area contributed by atoms with Gasteiger partial charge in [-0.15, -0.1) is 0 Å². The van der Waals surface area contributed by atoms with Gasteiger partial charge in [0.25, 0.3) is 0 Å². The molecule has 118 valence electrons. The van der Waals surface area contributed by atoms with E-state index in [2.05, 4.69) is 28.1 Å². The number of pyridine rings is 1. The van der Waals surface area contributed by atoms with E-state index in [1.165, 1.54) is 5.56 Å². The van der Waals surface area contributed by atoms with Crippen molar-refractivity contribution >= 4 is 0 Å². The van der Waals surface area contributed by atoms with Crippen LogP contribution in [0.1, 0.15) is 24.1 Å². The van der Waals surface area contributed by atoms with Crippen molar-refractivity contribution in [1.82, 2.24) is 9.88 Å². The van der Waals surface area contributed by atoms with Gasteiger partial charge in [-0.05, 0) is 49.2 Å². The summed E-state index contributed by atoms with van der Waals surface area (Å²) in [4.78, 5) is 6.61. The Labute approximate surface area is 137 Å². The van der Waals surface area contributed by atoms with Crippen LogP contribution < -0.4 is 4.74 Å². The number of ether oxygens (including phenoxy) is 1. The molecule has 1 fully saturated rings. The molecule has 0 spiro atoms. The maximum Gasteiger partial charge on any atom is 0.130 e. The molecule has 1 atom stereocenters. The summed E-state index contributed by atoms with van der Waals surface area (Å²) in [5, 5.41) is 9.07. The Morgan fingerprint density at radius 3 is 2.83 bits per heavy atom. The minimum Gasteiger partial charge on any atom is -0.487 e. The lowest BCUT2D eigenvalue weighted by molar-refractivity contribution is 0.192. The van der Waals surface area contributed by atoms with E-state index in [0.29, 0.717) is 6.61 Å². The van der Waals surface area contributed by atoms with Crippen molar-refractivity contribution < 1.29 is 4.74 Å². The number of piperidine rings is 1. The summed E-state index contributed by atoms with van der Waals surface area (Å²) in [7, 11) is 0. The van der Waals surface area contributed by atoms with Crippen molar-refractivity contribution in [1.29, 1.82) is 5.26 Å². The first-order valence-electron chi connectivity index (χ1n) is 8.07. The summed E-state index contributed by atoms with van der Waals surface area (Å²) < 4.78 is 5.75. The molecule has 0 saturated carbocycles. The molecule has 1 aromatic heterocycles. The summed E-state index contributed by atoms with van der Waals surface area (Å²) >= 11 is 0. The SMILES string of the molecule is N#C[C@H]1CCCN(Cc2ccc(OCc3ccccn3)cc2)C1. The van der Waals surface area contributed by atoms with Crippen LogP contribution in [0.2, 0.25) is 0 Å². The van der Waals surface area contributed by atoms with E-state index in [-0.39, 0.29) is 5.92 Å². The van der Waals surface area contributed by atoms with Gasteiger partial charge in [-0.1, -0.05) is 18.2 Å². The largest absolute Gasteiger partial charge is 0.487 e. The molecular weight excluding hydrogens is 286 g/mol. The zero-order valence-corrected chi connectivity index (χ0v) is 13.2. The van der Waals surface area contributed by atoms with Crippen LogP contribution in [0, 0.1) is 17.2 Å². The third kappa shape index (κ3) is 4.54. The number of nitrogens with zero attached hydrogens (tertiary/aromatic N) is 3. The van der Waals surface area contributed by atoms with Crippen LogP contribution in [-0.4, -0.2) is 23.0 Å². The second kappa shape index (κ2) is 7.75. The summed E-state index contributed by atoms with van der Waals surface area (Å²) in [5.74, 6) is 1.04. The van der Waals surface area contributed by atoms with Gasteiger partial charge in [0.05, 0.1) is 17.7 Å². The monoisotopic (exact) mass is 307 g/mol. The first-order chi connectivity index (χ1) is 11.3. The highest BCUT2D eigenvalue weighted by Gasteiger charge is 2.19. The number of nitriles is 1. The Bertz CT molecular complexity index is 649. The van der Waals surface area contributed by atoms with Gasteiger partial charge >= 0.3 is 0 Å². The lowest BCUT2D eigenvalue weighted by atomic mass is 9.99. The molecule has 2 aromatic rings. The fourth-order valence-electron chi connectivity index (χ4n) is 2.89. The number of hydrogen-bond acceptors (Lipinski definition) is 4. The van der Waals surface area contributed by atoms with E-state index in [4.69, 9.17) is 10.00 Å². The van der Waals surface area contributed by atoms with Gasteiger partial charge in [-0.3, -0.25) is 9.88 Å². The highest BCUT2D eigenvalue weighted by Crippen LogP contribution is 2.19. The van der Waals surface area contributed by atoms with Crippen LogP contribution in [0.5, 0.6) is 5.75 Å². The molecular formula is C19H21N3O. The van der Waals surface area contributed by atoms with Gasteiger partial charge in [0.2, 0.25) is 0 Å². The quantitative estimate of drug-likeness (QED) is 0.849. The molecule has 1 aliphatic heterocycles. The van der Waals surface area contributed by atoms with Crippen LogP contribution in [0.3, 0.4) is 0 Å². The third-order valence-electron chi connectivity index (χ3n) is 4.13. The van der Waals surface area contributed by atoms with Crippen molar-refractivity contribution in [2.24, 2.45) is 5.92 Å². The van der Waals surface area contributed by atoms with Gasteiger partial charge in [-0.2, -0.15) is 5.26 Å². The number of rotatable bonds is 5. The summed E-state index contributed by atoms with van der Waals surface area (Å²) in [5.41, 5.74) is 2.18. The first-order valence-corrected chi connectivity index (χ1v) is 8.07. The van der Waals surface area contributed by atoms with Crippen molar-refractivity contribution in [3.8, 4) is 11.8 Å². The molecule has 4 nitrogen and oxygen atoms in total. The van der Waals surface area contributed by atoms with Crippen LogP contribution in [0.4, 0.5) is 0 Å². The highest BCUT2D eigenvalue weighted by atomic mass is 16.5. The number of benzene rings is 1. The summed E-state index contributed by atoms with van der Waals surface area (Å²) in [6, 6.07) is 16.4. The second-order valence-electron chi connectivity index (χ2n) is 5.96. The molecule has 0 N–H and O–H groups in total. The molecule has 0 radical (unpaired) electrons. The average Bonchev–Trinajstić information content (AvgIpc) is 2.62. The number of likely N-dealkylation sites (tertiary alicyclic amines) is 1. The molecule has 3 rings (SSSR count). The second-order valence-corrected chi connectivity index (χ2v) is 5.96. The molecule has 1 aromatic carbocycles. The van der Waals surface area contributed by atoms with Crippen LogP contribution >= 0.6 is 0 Å². The van der Waals surface area contributed by atoms with Crippen molar-refractivity contribution in [3.05, 3.63) is 59.9 Å². The molecule has 0 aliphatic carbocycles. The minimum atomic E-state index is 0.185. The van der Waals surface area contributed by atoms with Gasteiger partial charge < -0.3 is 4.74 Å². The topological polar surface area (TPSA) is 49.2 Å². The molecule has 0 amide bonds. The molecule has 0 unspecified atom stereocenters. The van der Waals surface area contributed by atoms with E-state index >= 15 is 0 Å². The Hall–Kier alpha value is -2.38. The molecule has 23 heavy (non-hydrogen) atoms. The molecule has 4 heteroatoms. The molecule has 1 saturated heterocycles. The average molecular weight is 307 g/mol. The van der Waals surface area contributed by atoms with Gasteiger partial charge in [-0.25, -0.2) is 0 Å². The highest BCUT2D eigenvalue weighted by molar-refractivity contribution is 5.27. The lowest BCUT2D eigenvalue weighted by Crippen LogP contribution is -2.34. The summed E-state index contributed by atoms with van der Waals surface area (Å²) in [6.45, 7) is 3.35. The van der Waals surface area contributed by atoms with Gasteiger partial charge in [0.15, 0.2) is 0 Å². The van der Waals surface area contributed by atoms with Crippen LogP contribution in [0.25, 0.3) is 0 Å². The van der Waals surface area contributed by atoms with E-state index in [1.807, 2.05) is 30.3 Å². The number of hydrogen-bond donors (Lipinski definition) is 0. The van der Waals surface area contributed by atoms with E-state index in [9.17, 15) is 0 Å². The summed E-state index contributed by atoms with van der Waals surface area (Å²) in [6.07, 6.45) is 3.92. The molecule has 0 bridgehead atoms. The van der Waals surface area contributed by atoms with Crippen molar-refractivity contribution in [2.45, 2.75) is 26.0 Å². The first kappa shape index (κ1) is 15.5. The Kier molecular flexibility index (Phi) is 5.23. The standard InChI is InChI=1S/C19H21N3O/c20-12-17-4-3-11-22(14-17)13-16-6-8-19(9-7-16)23-15-18-5-1-2-10-21-18/h1-2,5-10,17H,3-4,11,13-15H2/t17-/m1/s1. The maximum absolute atomic E-state index is 9.07. The predicted octanol–water partition coefficient (Wildman–Crippen LogP) is 3.40. The van der Waals surface area contributed by atoms with Crippen molar-refractivity contribution in [3.63, 3.8) is 0 Å². The lowest BCUT2D eigenvalue weighted by Gasteiger charge is -2.29. The van der Waals surface area contributed by atoms with Crippen LogP contribution in [0.15, 0.2) is 48.7 Å². The zero-order chi connectivity index (χ0) is 15.9. The van der Waals surface area contributed by atoms with E-state index < -0.39 is 0 Å². The van der Waals surface area contributed by atoms with Crippen LogP contribution in [-0.2, 0) is 13.2 Å². The Morgan fingerprint density at radius 2 is 2.09 bits per heavy atom. The maximum atomic E-state index is 9.07. The normalized spacial score (nSPS) is 18.3. The van der Waals surface area contributed by atoms with E-state index in [0.717, 1.165) is 43.9 Å². The fraction of sp³-hybridized carbons (Fsp3) is 0.368. The Balaban J connectivity index is 1.52. The number of aromatic nitrogens is 1.